The summed E-state index contributed by atoms with van der Waals surface area (Å²) in [5, 5.41) is 1.74. The first-order chi connectivity index (χ1) is 14.3. The molecule has 0 N–H and O–H groups in total. The van der Waals surface area contributed by atoms with Gasteiger partial charge in [-0.15, -0.1) is 11.3 Å². The highest BCUT2D eigenvalue weighted by Crippen LogP contribution is 2.22. The molecule has 1 saturated heterocycles. The van der Waals surface area contributed by atoms with Gasteiger partial charge in [-0.25, -0.2) is 13.8 Å². The number of aromatic nitrogens is 2. The van der Waals surface area contributed by atoms with Crippen molar-refractivity contribution in [3.63, 3.8) is 0 Å². The number of aryl methyl sites for hydroxylation is 1. The first-order valence-electron chi connectivity index (χ1n) is 10.0. The molecule has 0 saturated carbocycles. The lowest BCUT2D eigenvalue weighted by Crippen LogP contribution is -2.46. The molecule has 1 amide bonds. The highest BCUT2D eigenvalue weighted by atomic mass is 32.1. The molecule has 1 aliphatic heterocycles. The van der Waals surface area contributed by atoms with Gasteiger partial charge in [0, 0.05) is 13.1 Å². The number of carbonyl (C=O) groups is 1. The summed E-state index contributed by atoms with van der Waals surface area (Å²) in [5.41, 5.74) is 0.206. The number of benzene rings is 1. The van der Waals surface area contributed by atoms with Crippen molar-refractivity contribution in [3.05, 3.63) is 61.9 Å². The van der Waals surface area contributed by atoms with Gasteiger partial charge < -0.3 is 4.90 Å². The highest BCUT2D eigenvalue weighted by molar-refractivity contribution is 7.17. The fourth-order valence-corrected chi connectivity index (χ4v) is 5.25. The fourth-order valence-electron chi connectivity index (χ4n) is 4.42. The van der Waals surface area contributed by atoms with Crippen LogP contribution in [0.1, 0.15) is 25.8 Å². The van der Waals surface area contributed by atoms with Crippen molar-refractivity contribution in [2.45, 2.75) is 33.7 Å². The van der Waals surface area contributed by atoms with E-state index in [0.29, 0.717) is 46.4 Å². The fraction of sp³-hybridized carbons (Fsp3) is 0.409. The van der Waals surface area contributed by atoms with Gasteiger partial charge >= 0.3 is 5.69 Å². The molecule has 0 aliphatic carbocycles. The molecule has 0 spiro atoms. The first-order valence-corrected chi connectivity index (χ1v) is 10.9. The summed E-state index contributed by atoms with van der Waals surface area (Å²) in [4.78, 5) is 41.3. The Hall–Kier alpha value is -2.74. The summed E-state index contributed by atoms with van der Waals surface area (Å²) >= 11 is 1.23. The predicted octanol–water partition coefficient (Wildman–Crippen LogP) is 3.17. The van der Waals surface area contributed by atoms with E-state index in [9.17, 15) is 18.8 Å². The van der Waals surface area contributed by atoms with Crippen LogP contribution in [-0.2, 0) is 11.3 Å². The van der Waals surface area contributed by atoms with Gasteiger partial charge in [0.15, 0.2) is 0 Å². The van der Waals surface area contributed by atoms with Crippen LogP contribution < -0.4 is 11.2 Å². The van der Waals surface area contributed by atoms with E-state index in [4.69, 9.17) is 0 Å². The number of amides is 1. The van der Waals surface area contributed by atoms with Crippen LogP contribution in [0, 0.1) is 24.6 Å². The number of hydrogen-bond donors (Lipinski definition) is 0. The second-order valence-corrected chi connectivity index (χ2v) is 9.24. The Morgan fingerprint density at radius 2 is 1.87 bits per heavy atom. The number of carbonyl (C=O) groups excluding carboxylic acids is 1. The molecular formula is C22H24FN3O3S. The van der Waals surface area contributed by atoms with Gasteiger partial charge in [0.05, 0.1) is 11.2 Å². The zero-order valence-corrected chi connectivity index (χ0v) is 18.0. The predicted molar refractivity (Wildman–Crippen MR) is 116 cm³/mol. The van der Waals surface area contributed by atoms with Crippen LogP contribution in [-0.4, -0.2) is 33.0 Å². The number of nitrogens with zero attached hydrogens (tertiary/aromatic N) is 3. The molecule has 158 valence electrons. The normalized spacial score (nSPS) is 19.4. The maximum absolute atomic E-state index is 13.6. The van der Waals surface area contributed by atoms with E-state index >= 15 is 0 Å². The van der Waals surface area contributed by atoms with Crippen LogP contribution in [0.15, 0.2) is 39.2 Å². The van der Waals surface area contributed by atoms with Crippen LogP contribution in [0.4, 0.5) is 4.39 Å². The molecule has 4 rings (SSSR count). The molecule has 6 nitrogen and oxygen atoms in total. The summed E-state index contributed by atoms with van der Waals surface area (Å²) in [6.45, 7) is 7.09. The molecule has 0 bridgehead atoms. The Kier molecular flexibility index (Phi) is 5.36. The van der Waals surface area contributed by atoms with Crippen molar-refractivity contribution >= 4 is 27.5 Å². The molecule has 1 aliphatic rings. The number of likely N-dealkylation sites (tertiary alicyclic amines) is 1. The maximum Gasteiger partial charge on any atom is 0.336 e. The molecular weight excluding hydrogens is 405 g/mol. The van der Waals surface area contributed by atoms with E-state index in [-0.39, 0.29) is 12.5 Å². The van der Waals surface area contributed by atoms with Gasteiger partial charge in [-0.3, -0.25) is 14.2 Å². The molecule has 30 heavy (non-hydrogen) atoms. The van der Waals surface area contributed by atoms with Gasteiger partial charge in [0.25, 0.3) is 5.56 Å². The average molecular weight is 430 g/mol. The molecule has 2 aromatic heterocycles. The van der Waals surface area contributed by atoms with E-state index < -0.39 is 17.1 Å². The quantitative estimate of drug-likeness (QED) is 0.643. The second kappa shape index (κ2) is 7.83. The number of piperidine rings is 1. The standard InChI is InChI=1S/C22H24FN3O3S/c1-13-8-14(2)11-24(10-13)19(27)12-25-18-6-7-30-20(18)21(28)26(22(25)29)17-5-4-16(23)9-15(17)3/h4-7,9,13-14H,8,10-12H2,1-3H3/t13-,14+. The lowest BCUT2D eigenvalue weighted by molar-refractivity contribution is -0.134. The third kappa shape index (κ3) is 3.60. The van der Waals surface area contributed by atoms with Crippen LogP contribution in [0.2, 0.25) is 0 Å². The number of hydrogen-bond acceptors (Lipinski definition) is 4. The number of fused-ring (bicyclic) bond motifs is 1. The minimum absolute atomic E-state index is 0.133. The van der Waals surface area contributed by atoms with E-state index in [2.05, 4.69) is 13.8 Å². The molecule has 0 unspecified atom stereocenters. The average Bonchev–Trinajstić information content (AvgIpc) is 3.16. The Bertz CT molecular complexity index is 1230. The van der Waals surface area contributed by atoms with Gasteiger partial charge in [-0.1, -0.05) is 13.8 Å². The van der Waals surface area contributed by atoms with E-state index in [1.807, 2.05) is 4.90 Å². The summed E-state index contributed by atoms with van der Waals surface area (Å²) in [7, 11) is 0. The molecule has 3 heterocycles. The number of thiophene rings is 1. The van der Waals surface area contributed by atoms with Crippen molar-refractivity contribution < 1.29 is 9.18 Å². The topological polar surface area (TPSA) is 64.3 Å². The third-order valence-electron chi connectivity index (χ3n) is 5.67. The van der Waals surface area contributed by atoms with Gasteiger partial charge in [0.1, 0.15) is 17.1 Å². The van der Waals surface area contributed by atoms with Gasteiger partial charge in [0.2, 0.25) is 5.91 Å². The zero-order chi connectivity index (χ0) is 21.6. The summed E-state index contributed by atoms with van der Waals surface area (Å²) in [6, 6.07) is 5.62. The molecule has 3 aromatic rings. The highest BCUT2D eigenvalue weighted by Gasteiger charge is 2.27. The maximum atomic E-state index is 13.6. The minimum Gasteiger partial charge on any atom is -0.341 e. The van der Waals surface area contributed by atoms with Gasteiger partial charge in [-0.2, -0.15) is 0 Å². The minimum atomic E-state index is -0.591. The molecule has 2 atom stereocenters. The van der Waals surface area contributed by atoms with Crippen LogP contribution in [0.25, 0.3) is 15.9 Å². The lowest BCUT2D eigenvalue weighted by Gasteiger charge is -2.35. The number of halogens is 1. The molecule has 0 radical (unpaired) electrons. The Labute approximate surface area is 177 Å². The van der Waals surface area contributed by atoms with Gasteiger partial charge in [-0.05, 0) is 60.4 Å². The van der Waals surface area contributed by atoms with E-state index in [1.165, 1.54) is 34.1 Å². The largest absolute Gasteiger partial charge is 0.341 e. The van der Waals surface area contributed by atoms with Crippen molar-refractivity contribution in [1.29, 1.82) is 0 Å². The third-order valence-corrected chi connectivity index (χ3v) is 6.56. The first kappa shape index (κ1) is 20.5. The van der Waals surface area contributed by atoms with Crippen molar-refractivity contribution in [2.75, 3.05) is 13.1 Å². The van der Waals surface area contributed by atoms with Crippen molar-refractivity contribution in [1.82, 2.24) is 14.0 Å². The molecule has 8 heteroatoms. The van der Waals surface area contributed by atoms with Crippen molar-refractivity contribution in [2.24, 2.45) is 11.8 Å². The Morgan fingerprint density at radius 3 is 2.53 bits per heavy atom. The van der Waals surface area contributed by atoms with Crippen LogP contribution >= 0.6 is 11.3 Å². The summed E-state index contributed by atoms with van der Waals surface area (Å²) < 4.78 is 16.4. The lowest BCUT2D eigenvalue weighted by atomic mass is 9.92. The van der Waals surface area contributed by atoms with Crippen molar-refractivity contribution in [3.8, 4) is 5.69 Å². The zero-order valence-electron chi connectivity index (χ0n) is 17.2. The van der Waals surface area contributed by atoms with Crippen LogP contribution in [0.3, 0.4) is 0 Å². The summed E-state index contributed by atoms with van der Waals surface area (Å²) in [5.74, 6) is 0.243. The van der Waals surface area contributed by atoms with E-state index in [1.54, 1.807) is 18.4 Å². The number of rotatable bonds is 3. The Balaban J connectivity index is 1.82. The Morgan fingerprint density at radius 1 is 1.17 bits per heavy atom. The molecule has 1 fully saturated rings. The SMILES string of the molecule is Cc1cc(F)ccc1-n1c(=O)c2sccc2n(CC(=O)N2C[C@H](C)C[C@H](C)C2)c1=O. The smallest absolute Gasteiger partial charge is 0.336 e. The summed E-state index contributed by atoms with van der Waals surface area (Å²) in [6.07, 6.45) is 1.08. The van der Waals surface area contributed by atoms with Crippen LogP contribution in [0.5, 0.6) is 0 Å². The monoisotopic (exact) mass is 429 g/mol. The molecule has 1 aromatic carbocycles. The van der Waals surface area contributed by atoms with E-state index in [0.717, 1.165) is 11.0 Å². The second-order valence-electron chi connectivity index (χ2n) is 8.32.